The number of hydrogen-bond donors (Lipinski definition) is 1. The Morgan fingerprint density at radius 1 is 1.13 bits per heavy atom. The van der Waals surface area contributed by atoms with Crippen molar-refractivity contribution in [2.45, 2.75) is 59.2 Å². The van der Waals surface area contributed by atoms with E-state index < -0.39 is 0 Å². The molecule has 0 aliphatic heterocycles. The zero-order valence-corrected chi connectivity index (χ0v) is 16.5. The summed E-state index contributed by atoms with van der Waals surface area (Å²) in [6.07, 6.45) is 2.02. The summed E-state index contributed by atoms with van der Waals surface area (Å²) in [4.78, 5) is 0. The molecule has 126 valence electrons. The van der Waals surface area contributed by atoms with Crippen LogP contribution in [-0.4, -0.2) is 15.0 Å². The van der Waals surface area contributed by atoms with Crippen LogP contribution in [0.3, 0.4) is 0 Å². The number of rotatable bonds is 5. The molecule has 0 saturated carbocycles. The molecule has 2 rings (SSSR count). The number of benzene rings is 1. The van der Waals surface area contributed by atoms with Crippen molar-refractivity contribution in [3.05, 3.63) is 46.2 Å². The van der Waals surface area contributed by atoms with Crippen molar-refractivity contribution in [1.29, 1.82) is 0 Å². The lowest BCUT2D eigenvalue weighted by Gasteiger charge is -2.35. The van der Waals surface area contributed by atoms with Crippen LogP contribution in [0.4, 0.5) is 0 Å². The third-order valence-corrected chi connectivity index (χ3v) is 4.99. The van der Waals surface area contributed by atoms with E-state index >= 15 is 0 Å². The Kier molecular flexibility index (Phi) is 5.31. The van der Waals surface area contributed by atoms with Gasteiger partial charge in [-0.25, -0.2) is 4.68 Å². The first-order valence-corrected chi connectivity index (χ1v) is 8.85. The van der Waals surface area contributed by atoms with E-state index in [-0.39, 0.29) is 11.1 Å². The zero-order chi connectivity index (χ0) is 17.3. The normalized spacial score (nSPS) is 15.0. The van der Waals surface area contributed by atoms with E-state index in [1.54, 1.807) is 0 Å². The van der Waals surface area contributed by atoms with Gasteiger partial charge in [-0.1, -0.05) is 47.1 Å². The molecule has 23 heavy (non-hydrogen) atoms. The van der Waals surface area contributed by atoms with Crippen molar-refractivity contribution in [3.63, 3.8) is 0 Å². The maximum absolute atomic E-state index is 4.30. The molecule has 1 aromatic carbocycles. The molecule has 4 nitrogen and oxygen atoms in total. The van der Waals surface area contributed by atoms with E-state index in [0.29, 0.717) is 12.5 Å². The van der Waals surface area contributed by atoms with Crippen LogP contribution in [0.2, 0.25) is 0 Å². The highest BCUT2D eigenvalue weighted by Crippen LogP contribution is 2.30. The molecular formula is C18H27BrN4. The van der Waals surface area contributed by atoms with Crippen molar-refractivity contribution in [3.8, 4) is 0 Å². The van der Waals surface area contributed by atoms with E-state index in [9.17, 15) is 0 Å². The molecule has 1 N–H and O–H groups in total. The van der Waals surface area contributed by atoms with Crippen LogP contribution in [0.5, 0.6) is 0 Å². The second-order valence-corrected chi connectivity index (χ2v) is 8.46. The van der Waals surface area contributed by atoms with E-state index in [1.807, 2.05) is 10.9 Å². The van der Waals surface area contributed by atoms with E-state index in [2.05, 4.69) is 97.4 Å². The minimum Gasteiger partial charge on any atom is -0.302 e. The predicted octanol–water partition coefficient (Wildman–Crippen LogP) is 4.46. The van der Waals surface area contributed by atoms with Gasteiger partial charge in [-0.15, -0.1) is 5.10 Å². The fraction of sp³-hybridized carbons (Fsp3) is 0.556. The van der Waals surface area contributed by atoms with Crippen molar-refractivity contribution in [2.24, 2.45) is 5.92 Å². The van der Waals surface area contributed by atoms with Gasteiger partial charge in [0.05, 0.1) is 17.4 Å². The maximum Gasteiger partial charge on any atom is 0.0965 e. The first-order chi connectivity index (χ1) is 10.6. The monoisotopic (exact) mass is 378 g/mol. The van der Waals surface area contributed by atoms with Gasteiger partial charge in [0.25, 0.3) is 0 Å². The van der Waals surface area contributed by atoms with Gasteiger partial charge < -0.3 is 5.32 Å². The summed E-state index contributed by atoms with van der Waals surface area (Å²) >= 11 is 3.50. The largest absolute Gasteiger partial charge is 0.302 e. The van der Waals surface area contributed by atoms with Crippen LogP contribution in [0.1, 0.15) is 52.8 Å². The SMILES string of the molecule is CC(C)C(C)(NCc1cn(C(C)(C)C)nn1)c1ccc(Br)cc1. The average molecular weight is 379 g/mol. The summed E-state index contributed by atoms with van der Waals surface area (Å²) in [6.45, 7) is 13.8. The molecule has 1 aromatic heterocycles. The molecule has 0 fully saturated rings. The summed E-state index contributed by atoms with van der Waals surface area (Å²) in [7, 11) is 0. The molecule has 5 heteroatoms. The van der Waals surface area contributed by atoms with Gasteiger partial charge in [0.15, 0.2) is 0 Å². The van der Waals surface area contributed by atoms with Gasteiger partial charge in [-0.05, 0) is 51.3 Å². The number of halogens is 1. The Morgan fingerprint density at radius 3 is 2.22 bits per heavy atom. The van der Waals surface area contributed by atoms with E-state index in [0.717, 1.165) is 10.2 Å². The standard InChI is InChI=1S/C18H27BrN4/c1-13(2)18(6,14-7-9-15(19)10-8-14)20-11-16-12-23(22-21-16)17(3,4)5/h7-10,12-13,20H,11H2,1-6H3. The predicted molar refractivity (Wildman–Crippen MR) is 98.2 cm³/mol. The minimum atomic E-state index is -0.119. The van der Waals surface area contributed by atoms with Crippen LogP contribution < -0.4 is 5.32 Å². The quantitative estimate of drug-likeness (QED) is 0.834. The summed E-state index contributed by atoms with van der Waals surface area (Å²) in [5, 5.41) is 12.2. The van der Waals surface area contributed by atoms with Gasteiger partial charge in [-0.2, -0.15) is 0 Å². The van der Waals surface area contributed by atoms with Gasteiger partial charge in [0.1, 0.15) is 0 Å². The van der Waals surface area contributed by atoms with Crippen LogP contribution in [0.25, 0.3) is 0 Å². The van der Waals surface area contributed by atoms with Gasteiger partial charge in [0.2, 0.25) is 0 Å². The van der Waals surface area contributed by atoms with Crippen LogP contribution in [-0.2, 0) is 17.6 Å². The van der Waals surface area contributed by atoms with Crippen molar-refractivity contribution < 1.29 is 0 Å². The number of aromatic nitrogens is 3. The van der Waals surface area contributed by atoms with Gasteiger partial charge in [-0.3, -0.25) is 0 Å². The summed E-state index contributed by atoms with van der Waals surface area (Å²) < 4.78 is 3.01. The molecule has 1 heterocycles. The summed E-state index contributed by atoms with van der Waals surface area (Å²) in [6, 6.07) is 8.52. The molecule has 0 aliphatic carbocycles. The van der Waals surface area contributed by atoms with Crippen molar-refractivity contribution in [2.75, 3.05) is 0 Å². The second-order valence-electron chi connectivity index (χ2n) is 7.54. The van der Waals surface area contributed by atoms with Crippen LogP contribution in [0.15, 0.2) is 34.9 Å². The van der Waals surface area contributed by atoms with Crippen LogP contribution >= 0.6 is 15.9 Å². The molecule has 0 amide bonds. The number of hydrogen-bond acceptors (Lipinski definition) is 3. The number of nitrogens with one attached hydrogen (secondary N) is 1. The molecule has 0 aliphatic rings. The Balaban J connectivity index is 2.17. The molecule has 0 spiro atoms. The highest BCUT2D eigenvalue weighted by molar-refractivity contribution is 9.10. The van der Waals surface area contributed by atoms with Gasteiger partial charge in [0, 0.05) is 16.6 Å². The summed E-state index contributed by atoms with van der Waals surface area (Å²) in [5.74, 6) is 0.446. The average Bonchev–Trinajstić information content (AvgIpc) is 2.94. The van der Waals surface area contributed by atoms with E-state index in [1.165, 1.54) is 5.56 Å². The summed E-state index contributed by atoms with van der Waals surface area (Å²) in [5.41, 5.74) is 2.08. The van der Waals surface area contributed by atoms with Crippen molar-refractivity contribution >= 4 is 15.9 Å². The molecule has 2 aromatic rings. The fourth-order valence-corrected chi connectivity index (χ4v) is 2.68. The Bertz CT molecular complexity index is 640. The third kappa shape index (κ3) is 4.21. The third-order valence-electron chi connectivity index (χ3n) is 4.46. The lowest BCUT2D eigenvalue weighted by molar-refractivity contribution is 0.261. The van der Waals surface area contributed by atoms with Crippen LogP contribution in [0, 0.1) is 5.92 Å². The molecule has 1 unspecified atom stereocenters. The molecule has 0 bridgehead atoms. The van der Waals surface area contributed by atoms with E-state index in [4.69, 9.17) is 0 Å². The lowest BCUT2D eigenvalue weighted by Crippen LogP contribution is -2.43. The maximum atomic E-state index is 4.30. The Labute approximate surface area is 147 Å². The first-order valence-electron chi connectivity index (χ1n) is 8.05. The minimum absolute atomic E-state index is 0.0433. The van der Waals surface area contributed by atoms with Gasteiger partial charge >= 0.3 is 0 Å². The molecular weight excluding hydrogens is 352 g/mol. The van der Waals surface area contributed by atoms with Crippen molar-refractivity contribution in [1.82, 2.24) is 20.3 Å². The Hall–Kier alpha value is -1.20. The Morgan fingerprint density at radius 2 is 1.74 bits per heavy atom. The smallest absolute Gasteiger partial charge is 0.0965 e. The first kappa shape index (κ1) is 18.1. The topological polar surface area (TPSA) is 42.7 Å². The number of nitrogens with zero attached hydrogens (tertiary/aromatic N) is 3. The molecule has 0 radical (unpaired) electrons. The second kappa shape index (κ2) is 6.73. The molecule has 0 saturated heterocycles. The highest BCUT2D eigenvalue weighted by atomic mass is 79.9. The highest BCUT2D eigenvalue weighted by Gasteiger charge is 2.30. The lowest BCUT2D eigenvalue weighted by atomic mass is 9.81. The zero-order valence-electron chi connectivity index (χ0n) is 14.9. The fourth-order valence-electron chi connectivity index (χ4n) is 2.42. The molecule has 1 atom stereocenters.